The maximum Gasteiger partial charge on any atom is 0.324 e. The highest BCUT2D eigenvalue weighted by Crippen LogP contribution is 2.36. The number of fused-ring (bicyclic) bond motifs is 1. The number of sulfonamides is 1. The number of carboxylic acids is 1. The summed E-state index contributed by atoms with van der Waals surface area (Å²) in [5.74, 6) is -1.66. The van der Waals surface area contributed by atoms with Crippen molar-refractivity contribution in [3.63, 3.8) is 0 Å². The van der Waals surface area contributed by atoms with Gasteiger partial charge in [0, 0.05) is 6.07 Å². The summed E-state index contributed by atoms with van der Waals surface area (Å²) in [4.78, 5) is 10.9. The van der Waals surface area contributed by atoms with Crippen LogP contribution < -0.4 is 18.5 Å². The molecule has 0 saturated carbocycles. The smallest absolute Gasteiger partial charge is 0.324 e. The number of hydrogen-bond donors (Lipinski definition) is 1. The Hall–Kier alpha value is -3.01. The van der Waals surface area contributed by atoms with E-state index >= 15 is 0 Å². The number of hydrogen-bond acceptors (Lipinski definition) is 6. The van der Waals surface area contributed by atoms with Crippen molar-refractivity contribution in [3.8, 4) is 17.2 Å². The van der Waals surface area contributed by atoms with Crippen molar-refractivity contribution in [2.75, 3.05) is 31.2 Å². The van der Waals surface area contributed by atoms with Gasteiger partial charge < -0.3 is 19.3 Å². The van der Waals surface area contributed by atoms with Gasteiger partial charge in [-0.05, 0) is 30.3 Å². The van der Waals surface area contributed by atoms with Gasteiger partial charge in [0.25, 0.3) is 10.0 Å². The summed E-state index contributed by atoms with van der Waals surface area (Å²) in [7, 11) is -3.11. The number of anilines is 1. The van der Waals surface area contributed by atoms with Gasteiger partial charge in [-0.3, -0.25) is 9.10 Å². The highest BCUT2D eigenvalue weighted by atomic mass is 32.2. The Bertz CT molecular complexity index is 977. The Morgan fingerprint density at radius 1 is 1.19 bits per heavy atom. The number of aliphatic carboxylic acids is 1. The van der Waals surface area contributed by atoms with Gasteiger partial charge in [-0.1, -0.05) is 0 Å². The second-order valence-corrected chi connectivity index (χ2v) is 7.39. The van der Waals surface area contributed by atoms with Crippen molar-refractivity contribution in [2.24, 2.45) is 0 Å². The Morgan fingerprint density at radius 3 is 2.52 bits per heavy atom. The summed E-state index contributed by atoms with van der Waals surface area (Å²) in [6.45, 7) is -0.212. The molecule has 1 aliphatic heterocycles. The van der Waals surface area contributed by atoms with Crippen LogP contribution in [-0.2, 0) is 14.8 Å². The number of carbonyl (C=O) groups is 1. The van der Waals surface area contributed by atoms with Crippen LogP contribution >= 0.6 is 0 Å². The Kier molecular flexibility index (Phi) is 5.08. The van der Waals surface area contributed by atoms with Crippen LogP contribution in [0.5, 0.6) is 17.2 Å². The van der Waals surface area contributed by atoms with E-state index in [1.54, 1.807) is 0 Å². The van der Waals surface area contributed by atoms with Gasteiger partial charge in [0.1, 0.15) is 19.8 Å². The van der Waals surface area contributed by atoms with Crippen molar-refractivity contribution in [3.05, 3.63) is 42.2 Å². The Balaban J connectivity index is 2.06. The zero-order valence-electron chi connectivity index (χ0n) is 14.2. The Labute approximate surface area is 154 Å². The number of nitrogens with zero attached hydrogens (tertiary/aromatic N) is 1. The number of ether oxygens (including phenoxy) is 3. The largest absolute Gasteiger partial charge is 0.494 e. The average molecular weight is 397 g/mol. The molecular formula is C17H16FNO7S. The fraction of sp³-hybridized carbons (Fsp3) is 0.235. The van der Waals surface area contributed by atoms with Crippen LogP contribution in [0.15, 0.2) is 41.3 Å². The van der Waals surface area contributed by atoms with Crippen LogP contribution in [-0.4, -0.2) is 46.4 Å². The first-order chi connectivity index (χ1) is 12.8. The van der Waals surface area contributed by atoms with Crippen molar-refractivity contribution >= 4 is 21.7 Å². The zero-order valence-corrected chi connectivity index (χ0v) is 15.0. The molecular weight excluding hydrogens is 381 g/mol. The number of carboxylic acid groups (broad SMARTS) is 1. The fourth-order valence-corrected chi connectivity index (χ4v) is 3.98. The predicted molar refractivity (Wildman–Crippen MR) is 92.6 cm³/mol. The van der Waals surface area contributed by atoms with Gasteiger partial charge in [0.15, 0.2) is 23.1 Å². The number of benzene rings is 2. The highest BCUT2D eigenvalue weighted by Gasteiger charge is 2.29. The van der Waals surface area contributed by atoms with Crippen LogP contribution in [0.3, 0.4) is 0 Å². The van der Waals surface area contributed by atoms with Crippen LogP contribution in [0.1, 0.15) is 0 Å². The molecule has 8 nitrogen and oxygen atoms in total. The normalized spacial score (nSPS) is 13.1. The molecule has 3 rings (SSSR count). The monoisotopic (exact) mass is 397 g/mol. The molecule has 0 atom stereocenters. The van der Waals surface area contributed by atoms with E-state index in [-0.39, 0.29) is 18.0 Å². The maximum atomic E-state index is 14.0. The predicted octanol–water partition coefficient (Wildman–Crippen LogP) is 1.89. The maximum absolute atomic E-state index is 14.0. The van der Waals surface area contributed by atoms with E-state index in [0.29, 0.717) is 22.4 Å². The van der Waals surface area contributed by atoms with Crippen LogP contribution in [0.25, 0.3) is 0 Å². The molecule has 0 unspecified atom stereocenters. The zero-order chi connectivity index (χ0) is 19.6. The lowest BCUT2D eigenvalue weighted by molar-refractivity contribution is -0.135. The van der Waals surface area contributed by atoms with Gasteiger partial charge in [-0.15, -0.1) is 0 Å². The van der Waals surface area contributed by atoms with E-state index in [0.717, 1.165) is 18.2 Å². The van der Waals surface area contributed by atoms with Gasteiger partial charge in [-0.2, -0.15) is 0 Å². The summed E-state index contributed by atoms with van der Waals surface area (Å²) in [5, 5.41) is 9.17. The molecule has 1 aliphatic rings. The van der Waals surface area contributed by atoms with Crippen molar-refractivity contribution < 1.29 is 36.9 Å². The Morgan fingerprint density at radius 2 is 1.89 bits per heavy atom. The first-order valence-electron chi connectivity index (χ1n) is 7.80. The van der Waals surface area contributed by atoms with E-state index in [2.05, 4.69) is 0 Å². The first kappa shape index (κ1) is 18.8. The minimum Gasteiger partial charge on any atom is -0.494 e. The van der Waals surface area contributed by atoms with Gasteiger partial charge in [0.2, 0.25) is 0 Å². The molecule has 27 heavy (non-hydrogen) atoms. The van der Waals surface area contributed by atoms with Gasteiger partial charge >= 0.3 is 5.97 Å². The second kappa shape index (κ2) is 7.31. The quantitative estimate of drug-likeness (QED) is 0.794. The van der Waals surface area contributed by atoms with Crippen molar-refractivity contribution in [1.82, 2.24) is 0 Å². The molecule has 0 amide bonds. The number of halogens is 1. The van der Waals surface area contributed by atoms with E-state index in [9.17, 15) is 22.7 Å². The molecule has 0 radical (unpaired) electrons. The van der Waals surface area contributed by atoms with Gasteiger partial charge in [-0.25, -0.2) is 12.8 Å². The fourth-order valence-electron chi connectivity index (χ4n) is 2.56. The lowest BCUT2D eigenvalue weighted by Crippen LogP contribution is -2.36. The topological polar surface area (TPSA) is 102 Å². The molecule has 1 heterocycles. The van der Waals surface area contributed by atoms with E-state index < -0.39 is 33.3 Å². The summed E-state index contributed by atoms with van der Waals surface area (Å²) < 4.78 is 56.1. The van der Waals surface area contributed by atoms with E-state index in [1.807, 2.05) is 0 Å². The molecule has 10 heteroatoms. The molecule has 2 aromatic rings. The molecule has 2 aromatic carbocycles. The van der Waals surface area contributed by atoms with Crippen LogP contribution in [0, 0.1) is 5.82 Å². The van der Waals surface area contributed by atoms with Crippen molar-refractivity contribution in [1.29, 1.82) is 0 Å². The number of rotatable bonds is 6. The highest BCUT2D eigenvalue weighted by molar-refractivity contribution is 7.92. The van der Waals surface area contributed by atoms with Crippen LogP contribution in [0.4, 0.5) is 10.1 Å². The molecule has 1 N–H and O–H groups in total. The van der Waals surface area contributed by atoms with Crippen molar-refractivity contribution in [2.45, 2.75) is 4.90 Å². The first-order valence-corrected chi connectivity index (χ1v) is 9.24. The minimum atomic E-state index is -4.36. The second-order valence-electron chi connectivity index (χ2n) is 5.53. The minimum absolute atomic E-state index is 0.0536. The summed E-state index contributed by atoms with van der Waals surface area (Å²) in [5.41, 5.74) is 0.0536. The standard InChI is InChI=1S/C17H16FNO7S/c1-24-14-5-3-12(9-13(14)18)27(22,23)19(10-17(20)21)11-2-4-15-16(8-11)26-7-6-25-15/h2-5,8-9H,6-7,10H2,1H3,(H,20,21). The molecule has 144 valence electrons. The third-order valence-electron chi connectivity index (χ3n) is 3.80. The average Bonchev–Trinajstić information content (AvgIpc) is 2.65. The lowest BCUT2D eigenvalue weighted by Gasteiger charge is -2.25. The molecule has 0 aromatic heterocycles. The third kappa shape index (κ3) is 3.75. The molecule has 0 spiro atoms. The van der Waals surface area contributed by atoms with E-state index in [4.69, 9.17) is 14.2 Å². The molecule has 0 aliphatic carbocycles. The SMILES string of the molecule is COc1ccc(S(=O)(=O)N(CC(=O)O)c2ccc3c(c2)OCCO3)cc1F. The summed E-state index contributed by atoms with van der Waals surface area (Å²) in [6, 6.07) is 7.33. The summed E-state index contributed by atoms with van der Waals surface area (Å²) >= 11 is 0. The molecule has 0 saturated heterocycles. The van der Waals surface area contributed by atoms with Gasteiger partial charge in [0.05, 0.1) is 17.7 Å². The lowest BCUT2D eigenvalue weighted by atomic mass is 10.2. The van der Waals surface area contributed by atoms with Crippen LogP contribution in [0.2, 0.25) is 0 Å². The third-order valence-corrected chi connectivity index (χ3v) is 5.57. The number of methoxy groups -OCH3 is 1. The molecule has 0 bridgehead atoms. The summed E-state index contributed by atoms with van der Waals surface area (Å²) in [6.07, 6.45) is 0. The molecule has 0 fully saturated rings. The van der Waals surface area contributed by atoms with E-state index in [1.165, 1.54) is 25.3 Å².